The highest BCUT2D eigenvalue weighted by atomic mass is 35.5. The molecule has 2 heterocycles. The van der Waals surface area contributed by atoms with E-state index in [4.69, 9.17) is 27.6 Å². The number of benzene rings is 2. The van der Waals surface area contributed by atoms with Crippen molar-refractivity contribution in [3.8, 4) is 11.3 Å². The van der Waals surface area contributed by atoms with E-state index in [1.807, 2.05) is 0 Å². The zero-order valence-electron chi connectivity index (χ0n) is 18.2. The lowest BCUT2D eigenvalue weighted by Crippen LogP contribution is -2.11. The zero-order valence-corrected chi connectivity index (χ0v) is 19.7. The molecular formula is C23H20Cl2N6O3. The van der Waals surface area contributed by atoms with Crippen molar-refractivity contribution in [2.75, 3.05) is 23.0 Å². The molecule has 0 saturated heterocycles. The Morgan fingerprint density at radius 1 is 1.09 bits per heavy atom. The lowest BCUT2D eigenvalue weighted by atomic mass is 10.2. The molecular weight excluding hydrogens is 479 g/mol. The molecule has 0 amide bonds. The molecule has 0 aliphatic heterocycles. The van der Waals surface area contributed by atoms with Gasteiger partial charge in [-0.3, -0.25) is 0 Å². The number of carbonyl (C=O) groups is 1. The van der Waals surface area contributed by atoms with Crippen LogP contribution < -0.4 is 16.0 Å². The van der Waals surface area contributed by atoms with Crippen LogP contribution in [0.2, 0.25) is 10.0 Å². The molecule has 4 N–H and O–H groups in total. The van der Waals surface area contributed by atoms with Gasteiger partial charge in [0.1, 0.15) is 23.5 Å². The average Bonchev–Trinajstić information content (AvgIpc) is 3.28. The number of carboxylic acids is 1. The van der Waals surface area contributed by atoms with Crippen molar-refractivity contribution in [3.63, 3.8) is 0 Å². The summed E-state index contributed by atoms with van der Waals surface area (Å²) in [6.07, 6.45) is 1.50. The molecule has 0 radical (unpaired) electrons. The monoisotopic (exact) mass is 498 g/mol. The molecule has 4 rings (SSSR count). The molecule has 2 aromatic heterocycles. The first kappa shape index (κ1) is 23.3. The van der Waals surface area contributed by atoms with Gasteiger partial charge in [-0.25, -0.2) is 19.7 Å². The van der Waals surface area contributed by atoms with Crippen LogP contribution in [-0.4, -0.2) is 33.1 Å². The summed E-state index contributed by atoms with van der Waals surface area (Å²) in [5, 5.41) is 19.9. The molecule has 0 saturated carbocycles. The summed E-state index contributed by atoms with van der Waals surface area (Å²) in [6, 6.07) is 11.7. The third-order valence-electron chi connectivity index (χ3n) is 4.84. The number of rotatable bonds is 8. The second-order valence-electron chi connectivity index (χ2n) is 7.17. The maximum absolute atomic E-state index is 11.6. The number of aromatic carboxylic acids is 1. The molecule has 9 nitrogen and oxygen atoms in total. The van der Waals surface area contributed by atoms with Crippen LogP contribution in [0.1, 0.15) is 22.1 Å². The van der Waals surface area contributed by atoms with Gasteiger partial charge in [0.15, 0.2) is 11.6 Å². The molecule has 0 fully saturated rings. The maximum Gasteiger partial charge on any atom is 0.337 e. The predicted molar refractivity (Wildman–Crippen MR) is 132 cm³/mol. The third-order valence-corrected chi connectivity index (χ3v) is 5.41. The van der Waals surface area contributed by atoms with E-state index in [1.54, 1.807) is 50.4 Å². The average molecular weight is 499 g/mol. The van der Waals surface area contributed by atoms with Crippen LogP contribution in [0.5, 0.6) is 0 Å². The molecule has 0 aliphatic rings. The number of aryl methyl sites for hydroxylation is 1. The third kappa shape index (κ3) is 5.05. The highest BCUT2D eigenvalue weighted by Gasteiger charge is 2.17. The van der Waals surface area contributed by atoms with Gasteiger partial charge in [-0.15, -0.1) is 0 Å². The van der Waals surface area contributed by atoms with Crippen LogP contribution >= 0.6 is 23.2 Å². The minimum absolute atomic E-state index is 0.117. The van der Waals surface area contributed by atoms with Crippen LogP contribution in [0.15, 0.2) is 53.1 Å². The second kappa shape index (κ2) is 9.98. The van der Waals surface area contributed by atoms with E-state index >= 15 is 0 Å². The minimum Gasteiger partial charge on any atom is -0.478 e. The molecule has 0 atom stereocenters. The standard InChI is InChI=1S/C23H20Cl2N6O3/c1-12-28-21(26-2)20(22(29-12)31-17-6-4-3-5-14(17)23(32)33)27-10-19-30-18(11-34-19)15-9-13(24)7-8-16(15)25/h3-9,11,27H,10H2,1-2H3,(H,32,33)(H2,26,28,29,31). The Kier molecular flexibility index (Phi) is 6.85. The summed E-state index contributed by atoms with van der Waals surface area (Å²) in [5.74, 6) is 0.761. The summed E-state index contributed by atoms with van der Waals surface area (Å²) < 4.78 is 5.61. The Labute approximate surface area is 205 Å². The molecule has 0 unspecified atom stereocenters. The number of hydrogen-bond donors (Lipinski definition) is 4. The number of carboxylic acid groups (broad SMARTS) is 1. The highest BCUT2D eigenvalue weighted by Crippen LogP contribution is 2.33. The number of hydrogen-bond acceptors (Lipinski definition) is 8. The molecule has 2 aromatic carbocycles. The lowest BCUT2D eigenvalue weighted by molar-refractivity contribution is 0.0698. The predicted octanol–water partition coefficient (Wildman–Crippen LogP) is 5.84. The van der Waals surface area contributed by atoms with Crippen LogP contribution in [0.3, 0.4) is 0 Å². The largest absolute Gasteiger partial charge is 0.478 e. The first-order valence-electron chi connectivity index (χ1n) is 10.1. The van der Waals surface area contributed by atoms with Gasteiger partial charge in [-0.05, 0) is 37.3 Å². The lowest BCUT2D eigenvalue weighted by Gasteiger charge is -2.17. The van der Waals surface area contributed by atoms with Gasteiger partial charge in [-0.2, -0.15) is 0 Å². The van der Waals surface area contributed by atoms with Gasteiger partial charge >= 0.3 is 5.97 Å². The second-order valence-corrected chi connectivity index (χ2v) is 8.02. The van der Waals surface area contributed by atoms with Gasteiger partial charge in [-0.1, -0.05) is 35.3 Å². The van der Waals surface area contributed by atoms with E-state index < -0.39 is 5.97 Å². The SMILES string of the molecule is CNc1nc(C)nc(Nc2ccccc2C(=O)O)c1NCc1nc(-c2cc(Cl)ccc2Cl)co1. The van der Waals surface area contributed by atoms with E-state index in [0.29, 0.717) is 56.0 Å². The summed E-state index contributed by atoms with van der Waals surface area (Å²) in [7, 11) is 1.73. The quantitative estimate of drug-likeness (QED) is 0.237. The number of aromatic nitrogens is 3. The number of halogens is 2. The fourth-order valence-electron chi connectivity index (χ4n) is 3.29. The first-order valence-corrected chi connectivity index (χ1v) is 10.9. The van der Waals surface area contributed by atoms with E-state index in [0.717, 1.165) is 0 Å². The van der Waals surface area contributed by atoms with Crippen molar-refractivity contribution in [1.29, 1.82) is 0 Å². The van der Waals surface area contributed by atoms with Gasteiger partial charge < -0.3 is 25.5 Å². The molecule has 11 heteroatoms. The van der Waals surface area contributed by atoms with Crippen molar-refractivity contribution in [1.82, 2.24) is 15.0 Å². The highest BCUT2D eigenvalue weighted by molar-refractivity contribution is 6.35. The summed E-state index contributed by atoms with van der Waals surface area (Å²) >= 11 is 12.4. The zero-order chi connectivity index (χ0) is 24.2. The van der Waals surface area contributed by atoms with Gasteiger partial charge in [0.05, 0.1) is 22.8 Å². The van der Waals surface area contributed by atoms with Crippen molar-refractivity contribution >= 4 is 52.2 Å². The molecule has 34 heavy (non-hydrogen) atoms. The Morgan fingerprint density at radius 2 is 1.85 bits per heavy atom. The Bertz CT molecular complexity index is 1360. The van der Waals surface area contributed by atoms with Crippen LogP contribution in [0.4, 0.5) is 23.0 Å². The van der Waals surface area contributed by atoms with Crippen molar-refractivity contribution in [2.24, 2.45) is 0 Å². The number of nitrogens with one attached hydrogen (secondary N) is 3. The first-order chi connectivity index (χ1) is 16.4. The summed E-state index contributed by atoms with van der Waals surface area (Å²) in [5.41, 5.74) is 2.24. The normalized spacial score (nSPS) is 10.7. The topological polar surface area (TPSA) is 125 Å². The van der Waals surface area contributed by atoms with Crippen molar-refractivity contribution in [2.45, 2.75) is 13.5 Å². The number of oxazole rings is 1. The van der Waals surface area contributed by atoms with Gasteiger partial charge in [0.25, 0.3) is 0 Å². The van der Waals surface area contributed by atoms with Crippen molar-refractivity contribution in [3.05, 3.63) is 76.1 Å². The summed E-state index contributed by atoms with van der Waals surface area (Å²) in [6.45, 7) is 1.95. The van der Waals surface area contributed by atoms with E-state index in [1.165, 1.54) is 12.3 Å². The summed E-state index contributed by atoms with van der Waals surface area (Å²) in [4.78, 5) is 25.0. The van der Waals surface area contributed by atoms with Crippen molar-refractivity contribution < 1.29 is 14.3 Å². The molecule has 174 valence electrons. The fraction of sp³-hybridized carbons (Fsp3) is 0.130. The molecule has 0 spiro atoms. The number of anilines is 4. The van der Waals surface area contributed by atoms with Gasteiger partial charge in [0.2, 0.25) is 5.89 Å². The number of nitrogens with zero attached hydrogens (tertiary/aromatic N) is 3. The molecule has 4 aromatic rings. The minimum atomic E-state index is -1.05. The van der Waals surface area contributed by atoms with E-state index in [-0.39, 0.29) is 12.1 Å². The molecule has 0 aliphatic carbocycles. The maximum atomic E-state index is 11.6. The fourth-order valence-corrected chi connectivity index (χ4v) is 3.68. The van der Waals surface area contributed by atoms with Gasteiger partial charge in [0, 0.05) is 17.6 Å². The Hall–Kier alpha value is -3.82. The number of para-hydroxylation sites is 1. The Balaban J connectivity index is 1.62. The molecule has 0 bridgehead atoms. The van der Waals surface area contributed by atoms with E-state index in [9.17, 15) is 9.90 Å². The van der Waals surface area contributed by atoms with Crippen LogP contribution in [0.25, 0.3) is 11.3 Å². The van der Waals surface area contributed by atoms with Crippen LogP contribution in [-0.2, 0) is 6.54 Å². The Morgan fingerprint density at radius 3 is 2.62 bits per heavy atom. The van der Waals surface area contributed by atoms with E-state index in [2.05, 4.69) is 30.9 Å². The van der Waals surface area contributed by atoms with Crippen LogP contribution in [0, 0.1) is 6.92 Å². The smallest absolute Gasteiger partial charge is 0.337 e.